The summed E-state index contributed by atoms with van der Waals surface area (Å²) in [5, 5.41) is 3.98. The Labute approximate surface area is 215 Å². The van der Waals surface area contributed by atoms with Crippen molar-refractivity contribution >= 4 is 46.7 Å². The summed E-state index contributed by atoms with van der Waals surface area (Å²) in [5.74, 6) is -1.09. The fourth-order valence-corrected chi connectivity index (χ4v) is 6.25. The minimum atomic E-state index is -1.25. The van der Waals surface area contributed by atoms with Crippen molar-refractivity contribution in [3.8, 4) is 0 Å². The minimum Gasteiger partial charge on any atom is -0.453 e. The Morgan fingerprint density at radius 3 is 2.40 bits per heavy atom. The molecule has 2 heterocycles. The van der Waals surface area contributed by atoms with Crippen molar-refractivity contribution in [1.82, 2.24) is 4.90 Å². The van der Waals surface area contributed by atoms with Crippen LogP contribution in [0.15, 0.2) is 42.5 Å². The molecule has 4 atom stereocenters. The molecule has 2 aliphatic heterocycles. The lowest BCUT2D eigenvalue weighted by Crippen LogP contribution is -2.52. The molecule has 2 aromatic carbocycles. The number of amides is 2. The zero-order valence-electron chi connectivity index (χ0n) is 20.5. The molecule has 0 aliphatic carbocycles. The van der Waals surface area contributed by atoms with Crippen LogP contribution in [0.25, 0.3) is 0 Å². The molecule has 2 aromatic rings. The van der Waals surface area contributed by atoms with Gasteiger partial charge in [-0.3, -0.25) is 14.5 Å². The van der Waals surface area contributed by atoms with Gasteiger partial charge in [0.15, 0.2) is 5.78 Å². The predicted molar refractivity (Wildman–Crippen MR) is 137 cm³/mol. The van der Waals surface area contributed by atoms with E-state index in [0.717, 1.165) is 0 Å². The second kappa shape index (κ2) is 9.14. The number of carbonyl (C=O) groups is 3. The number of nitrogens with zero attached hydrogens (tertiary/aromatic N) is 1. The van der Waals surface area contributed by atoms with Crippen LogP contribution >= 0.6 is 23.2 Å². The van der Waals surface area contributed by atoms with E-state index < -0.39 is 29.5 Å². The zero-order chi connectivity index (χ0) is 25.7. The van der Waals surface area contributed by atoms with Gasteiger partial charge in [0.2, 0.25) is 5.91 Å². The van der Waals surface area contributed by atoms with Crippen molar-refractivity contribution in [3.63, 3.8) is 0 Å². The normalized spacial score (nSPS) is 25.5. The van der Waals surface area contributed by atoms with E-state index in [1.807, 2.05) is 12.1 Å². The van der Waals surface area contributed by atoms with Crippen molar-refractivity contribution in [2.24, 2.45) is 5.41 Å². The molecule has 0 bridgehead atoms. The first kappa shape index (κ1) is 25.5. The standard InChI is InChI=1S/C27H30Cl2N2O4/c1-6-20(32)23-22(15-8-7-9-16(28)12-15)27(18-11-10-17(29)13-19(18)30-24(27)33)21(14-26(2,3)4)31(23)25(34)35-5/h7-13,21-23H,6,14H2,1-5H3,(H,30,33)/t21-,22+,23+,27+/m1/s1. The topological polar surface area (TPSA) is 75.7 Å². The monoisotopic (exact) mass is 516 g/mol. The van der Waals surface area contributed by atoms with Crippen LogP contribution < -0.4 is 5.32 Å². The van der Waals surface area contributed by atoms with Crippen molar-refractivity contribution in [3.05, 3.63) is 63.6 Å². The van der Waals surface area contributed by atoms with Crippen LogP contribution in [0.3, 0.4) is 0 Å². The third-order valence-corrected chi connectivity index (χ3v) is 7.57. The molecule has 1 N–H and O–H groups in total. The number of nitrogens with one attached hydrogen (secondary N) is 1. The molecule has 0 saturated carbocycles. The summed E-state index contributed by atoms with van der Waals surface area (Å²) in [5.41, 5.74) is 0.492. The second-order valence-electron chi connectivity index (χ2n) is 10.5. The maximum atomic E-state index is 14.2. The van der Waals surface area contributed by atoms with Crippen LogP contribution in [0.1, 0.15) is 57.6 Å². The Morgan fingerprint density at radius 1 is 1.11 bits per heavy atom. The number of Topliss-reactive ketones (excluding diaryl/α,β-unsaturated/α-hetero) is 1. The first-order chi connectivity index (χ1) is 16.4. The van der Waals surface area contributed by atoms with Gasteiger partial charge in [-0.2, -0.15) is 0 Å². The van der Waals surface area contributed by atoms with Crippen LogP contribution in [0.2, 0.25) is 10.0 Å². The Hall–Kier alpha value is -2.57. The number of halogens is 2. The SMILES string of the molecule is CCC(=O)[C@H]1[C@H](c2cccc(Cl)c2)[C@@]2(C(=O)Nc3cc(Cl)ccc32)[C@@H](CC(C)(C)C)N1C(=O)OC. The first-order valence-electron chi connectivity index (χ1n) is 11.7. The number of hydrogen-bond donors (Lipinski definition) is 1. The molecule has 0 aromatic heterocycles. The molecule has 4 rings (SSSR count). The third-order valence-electron chi connectivity index (χ3n) is 7.10. The lowest BCUT2D eigenvalue weighted by Gasteiger charge is -2.39. The Morgan fingerprint density at radius 2 is 1.80 bits per heavy atom. The average molecular weight is 517 g/mol. The number of methoxy groups -OCH3 is 1. The van der Waals surface area contributed by atoms with E-state index in [4.69, 9.17) is 27.9 Å². The molecule has 1 fully saturated rings. The fraction of sp³-hybridized carbons (Fsp3) is 0.444. The summed E-state index contributed by atoms with van der Waals surface area (Å²) >= 11 is 12.7. The number of anilines is 1. The van der Waals surface area contributed by atoms with Gasteiger partial charge in [0, 0.05) is 28.1 Å². The third kappa shape index (κ3) is 4.11. The number of ketones is 1. The number of rotatable bonds is 4. The van der Waals surface area contributed by atoms with Gasteiger partial charge >= 0.3 is 6.09 Å². The number of fused-ring (bicyclic) bond motifs is 2. The molecule has 35 heavy (non-hydrogen) atoms. The smallest absolute Gasteiger partial charge is 0.410 e. The van der Waals surface area contributed by atoms with E-state index in [0.29, 0.717) is 33.3 Å². The summed E-state index contributed by atoms with van der Waals surface area (Å²) < 4.78 is 5.21. The highest BCUT2D eigenvalue weighted by Crippen LogP contribution is 2.60. The Balaban J connectivity index is 2.12. The zero-order valence-corrected chi connectivity index (χ0v) is 22.0. The van der Waals surface area contributed by atoms with Crippen LogP contribution in [0, 0.1) is 5.41 Å². The largest absolute Gasteiger partial charge is 0.453 e. The summed E-state index contributed by atoms with van der Waals surface area (Å²) in [4.78, 5) is 42.6. The van der Waals surface area contributed by atoms with Crippen LogP contribution in [0.5, 0.6) is 0 Å². The lowest BCUT2D eigenvalue weighted by atomic mass is 9.62. The maximum Gasteiger partial charge on any atom is 0.410 e. The van der Waals surface area contributed by atoms with E-state index >= 15 is 0 Å². The lowest BCUT2D eigenvalue weighted by molar-refractivity contribution is -0.123. The average Bonchev–Trinajstić information content (AvgIpc) is 3.23. The second-order valence-corrected chi connectivity index (χ2v) is 11.3. The fourth-order valence-electron chi connectivity index (χ4n) is 5.88. The number of likely N-dealkylation sites (tertiary alicyclic amines) is 1. The Kier molecular flexibility index (Phi) is 6.66. The van der Waals surface area contributed by atoms with Gasteiger partial charge in [-0.25, -0.2) is 4.79 Å². The molecule has 1 saturated heterocycles. The summed E-state index contributed by atoms with van der Waals surface area (Å²) in [6.45, 7) is 7.92. The summed E-state index contributed by atoms with van der Waals surface area (Å²) in [7, 11) is 1.30. The van der Waals surface area contributed by atoms with Crippen molar-refractivity contribution < 1.29 is 19.1 Å². The summed E-state index contributed by atoms with van der Waals surface area (Å²) in [6, 6.07) is 10.9. The van der Waals surface area contributed by atoms with Crippen molar-refractivity contribution in [2.75, 3.05) is 12.4 Å². The first-order valence-corrected chi connectivity index (χ1v) is 12.5. The highest BCUT2D eigenvalue weighted by Gasteiger charge is 2.69. The summed E-state index contributed by atoms with van der Waals surface area (Å²) in [6.07, 6.45) is 0.0234. The quantitative estimate of drug-likeness (QED) is 0.524. The van der Waals surface area contributed by atoms with Crippen LogP contribution in [0.4, 0.5) is 10.5 Å². The van der Waals surface area contributed by atoms with E-state index in [1.165, 1.54) is 12.0 Å². The van der Waals surface area contributed by atoms with E-state index in [2.05, 4.69) is 26.1 Å². The van der Waals surface area contributed by atoms with E-state index in [-0.39, 0.29) is 23.5 Å². The van der Waals surface area contributed by atoms with Gasteiger partial charge in [0.25, 0.3) is 0 Å². The molecule has 0 radical (unpaired) electrons. The molecule has 8 heteroatoms. The van der Waals surface area contributed by atoms with E-state index in [1.54, 1.807) is 37.3 Å². The molecule has 2 aliphatic rings. The van der Waals surface area contributed by atoms with Gasteiger partial charge < -0.3 is 10.1 Å². The minimum absolute atomic E-state index is 0.147. The van der Waals surface area contributed by atoms with Gasteiger partial charge in [-0.05, 0) is 47.2 Å². The Bertz CT molecular complexity index is 1190. The molecule has 1 spiro atoms. The molecule has 186 valence electrons. The maximum absolute atomic E-state index is 14.2. The predicted octanol–water partition coefficient (Wildman–Crippen LogP) is 6.20. The van der Waals surface area contributed by atoms with E-state index in [9.17, 15) is 14.4 Å². The number of carbonyl (C=O) groups excluding carboxylic acids is 3. The van der Waals surface area contributed by atoms with Gasteiger partial charge in [-0.1, -0.05) is 69.1 Å². The molecule has 0 unspecified atom stereocenters. The number of hydrogen-bond acceptors (Lipinski definition) is 4. The number of ether oxygens (including phenoxy) is 1. The van der Waals surface area contributed by atoms with Gasteiger partial charge in [-0.15, -0.1) is 0 Å². The van der Waals surface area contributed by atoms with Crippen LogP contribution in [-0.4, -0.2) is 41.9 Å². The van der Waals surface area contributed by atoms with Crippen LogP contribution in [-0.2, 0) is 19.7 Å². The highest BCUT2D eigenvalue weighted by atomic mass is 35.5. The van der Waals surface area contributed by atoms with Gasteiger partial charge in [0.05, 0.1) is 13.2 Å². The molecule has 2 amide bonds. The molecular weight excluding hydrogens is 487 g/mol. The van der Waals surface area contributed by atoms with Gasteiger partial charge in [0.1, 0.15) is 11.5 Å². The van der Waals surface area contributed by atoms with Crippen molar-refractivity contribution in [1.29, 1.82) is 0 Å². The molecule has 6 nitrogen and oxygen atoms in total. The number of benzene rings is 2. The highest BCUT2D eigenvalue weighted by molar-refractivity contribution is 6.31. The van der Waals surface area contributed by atoms with Crippen molar-refractivity contribution in [2.45, 2.75) is 64.0 Å². The molecular formula is C27H30Cl2N2O4.